The minimum Gasteiger partial charge on any atom is -0.453 e. The molecule has 7 heteroatoms. The second-order valence-corrected chi connectivity index (χ2v) is 6.66. The fourth-order valence-electron chi connectivity index (χ4n) is 2.84. The molecule has 0 aliphatic heterocycles. The van der Waals surface area contributed by atoms with E-state index in [0.717, 1.165) is 29.1 Å². The van der Waals surface area contributed by atoms with Crippen LogP contribution in [0.2, 0.25) is 5.02 Å². The van der Waals surface area contributed by atoms with Crippen molar-refractivity contribution in [2.75, 3.05) is 0 Å². The van der Waals surface area contributed by atoms with Gasteiger partial charge in [-0.1, -0.05) is 42.5 Å². The summed E-state index contributed by atoms with van der Waals surface area (Å²) >= 11 is 6.10. The Balaban J connectivity index is 1.99. The number of aromatic amines is 1. The molecule has 0 radical (unpaired) electrons. The third-order valence-electron chi connectivity index (χ3n) is 4.28. The SMILES string of the molecule is C=C/C=C\C(=C/C)c1nc(-c2ccc(-c3cc(C(F)(F)F)ccc3Cl)o2)[nH]c1C. The van der Waals surface area contributed by atoms with Crippen molar-refractivity contribution in [2.45, 2.75) is 20.0 Å². The minimum atomic E-state index is -4.47. The van der Waals surface area contributed by atoms with Crippen molar-refractivity contribution in [3.63, 3.8) is 0 Å². The lowest BCUT2D eigenvalue weighted by atomic mass is 10.1. The van der Waals surface area contributed by atoms with Crippen LogP contribution in [0.3, 0.4) is 0 Å². The molecular weight excluding hydrogens is 401 g/mol. The molecule has 0 bridgehead atoms. The largest absolute Gasteiger partial charge is 0.453 e. The standard InChI is InChI=1S/C22H18ClF3N2O/c1-4-6-7-14(5-2)20-13(3)27-21(28-20)19-11-10-18(29-19)16-12-15(22(24,25)26)8-9-17(16)23/h4-12H,1H2,2-3H3,(H,27,28)/b7-6-,14-5+. The second-order valence-electron chi connectivity index (χ2n) is 6.25. The number of nitrogens with one attached hydrogen (secondary N) is 1. The molecule has 0 fully saturated rings. The van der Waals surface area contributed by atoms with Gasteiger partial charge in [-0.05, 0) is 49.8 Å². The molecule has 0 aliphatic rings. The van der Waals surface area contributed by atoms with E-state index in [2.05, 4.69) is 16.5 Å². The Morgan fingerprint density at radius 2 is 1.93 bits per heavy atom. The summed E-state index contributed by atoms with van der Waals surface area (Å²) in [5, 5.41) is 0.168. The van der Waals surface area contributed by atoms with Crippen molar-refractivity contribution in [1.82, 2.24) is 9.97 Å². The second kappa shape index (κ2) is 8.17. The molecule has 3 aromatic rings. The average molecular weight is 419 g/mol. The van der Waals surface area contributed by atoms with Crippen LogP contribution in [0.5, 0.6) is 0 Å². The van der Waals surface area contributed by atoms with E-state index in [0.29, 0.717) is 11.6 Å². The first-order valence-corrected chi connectivity index (χ1v) is 9.12. The quantitative estimate of drug-likeness (QED) is 0.437. The predicted molar refractivity (Wildman–Crippen MR) is 109 cm³/mol. The molecule has 1 aromatic carbocycles. The van der Waals surface area contributed by atoms with Crippen LogP contribution in [0.4, 0.5) is 13.2 Å². The van der Waals surface area contributed by atoms with Crippen LogP contribution in [-0.2, 0) is 6.18 Å². The van der Waals surface area contributed by atoms with E-state index < -0.39 is 11.7 Å². The molecule has 0 spiro atoms. The molecule has 150 valence electrons. The van der Waals surface area contributed by atoms with Crippen molar-refractivity contribution in [3.8, 4) is 22.9 Å². The number of imidazole rings is 1. The van der Waals surface area contributed by atoms with Crippen LogP contribution in [0.25, 0.3) is 28.5 Å². The molecule has 3 rings (SSSR count). The van der Waals surface area contributed by atoms with Crippen LogP contribution in [0.1, 0.15) is 23.9 Å². The summed E-state index contributed by atoms with van der Waals surface area (Å²) in [4.78, 5) is 7.72. The molecule has 1 N–H and O–H groups in total. The Morgan fingerprint density at radius 1 is 1.21 bits per heavy atom. The summed E-state index contributed by atoms with van der Waals surface area (Å²) in [6.45, 7) is 7.44. The molecule has 0 aliphatic carbocycles. The number of furan rings is 1. The molecule has 3 nitrogen and oxygen atoms in total. The number of halogens is 4. The highest BCUT2D eigenvalue weighted by atomic mass is 35.5. The number of nitrogens with zero attached hydrogens (tertiary/aromatic N) is 1. The van der Waals surface area contributed by atoms with Crippen LogP contribution in [-0.4, -0.2) is 9.97 Å². The van der Waals surface area contributed by atoms with Gasteiger partial charge in [0.15, 0.2) is 11.6 Å². The number of hydrogen-bond acceptors (Lipinski definition) is 2. The highest BCUT2D eigenvalue weighted by molar-refractivity contribution is 6.33. The zero-order valence-corrected chi connectivity index (χ0v) is 16.5. The zero-order valence-electron chi connectivity index (χ0n) is 15.8. The van der Waals surface area contributed by atoms with E-state index >= 15 is 0 Å². The Morgan fingerprint density at radius 3 is 2.59 bits per heavy atom. The summed E-state index contributed by atoms with van der Waals surface area (Å²) in [5.41, 5.74) is 1.85. The zero-order chi connectivity index (χ0) is 21.2. The van der Waals surface area contributed by atoms with Gasteiger partial charge in [-0.25, -0.2) is 4.98 Å². The molecule has 0 amide bonds. The molecule has 0 saturated heterocycles. The maximum Gasteiger partial charge on any atom is 0.416 e. The number of alkyl halides is 3. The molecule has 0 saturated carbocycles. The molecular formula is C22H18ClF3N2O. The highest BCUT2D eigenvalue weighted by Gasteiger charge is 2.31. The number of allylic oxidation sites excluding steroid dienone is 5. The van der Waals surface area contributed by atoms with Crippen LogP contribution in [0, 0.1) is 6.92 Å². The van der Waals surface area contributed by atoms with Gasteiger partial charge in [0.2, 0.25) is 0 Å². The van der Waals surface area contributed by atoms with Gasteiger partial charge < -0.3 is 9.40 Å². The fourth-order valence-corrected chi connectivity index (χ4v) is 3.05. The van der Waals surface area contributed by atoms with Crippen LogP contribution < -0.4 is 0 Å². The first-order chi connectivity index (χ1) is 13.7. The number of aryl methyl sites for hydroxylation is 1. The average Bonchev–Trinajstić information content (AvgIpc) is 3.29. The van der Waals surface area contributed by atoms with Crippen molar-refractivity contribution in [2.24, 2.45) is 0 Å². The van der Waals surface area contributed by atoms with Crippen molar-refractivity contribution < 1.29 is 17.6 Å². The van der Waals surface area contributed by atoms with Crippen molar-refractivity contribution >= 4 is 17.2 Å². The predicted octanol–water partition coefficient (Wildman–Crippen LogP) is 7.46. The van der Waals surface area contributed by atoms with E-state index in [4.69, 9.17) is 16.0 Å². The molecule has 0 atom stereocenters. The topological polar surface area (TPSA) is 41.8 Å². The van der Waals surface area contributed by atoms with Gasteiger partial charge in [-0.2, -0.15) is 13.2 Å². The normalized spacial score (nSPS) is 12.7. The fraction of sp³-hybridized carbons (Fsp3) is 0.136. The Labute approximate surface area is 171 Å². The van der Waals surface area contributed by atoms with E-state index in [1.807, 2.05) is 32.1 Å². The van der Waals surface area contributed by atoms with E-state index in [-0.39, 0.29) is 16.3 Å². The maximum atomic E-state index is 13.0. The third-order valence-corrected chi connectivity index (χ3v) is 4.61. The lowest BCUT2D eigenvalue weighted by molar-refractivity contribution is -0.137. The Bertz CT molecular complexity index is 1100. The van der Waals surface area contributed by atoms with Gasteiger partial charge in [0.1, 0.15) is 5.76 Å². The number of benzene rings is 1. The number of aromatic nitrogens is 2. The summed E-state index contributed by atoms with van der Waals surface area (Å²) in [6.07, 6.45) is 2.82. The number of rotatable bonds is 5. The number of hydrogen-bond donors (Lipinski definition) is 1. The van der Waals surface area contributed by atoms with Crippen molar-refractivity contribution in [3.05, 3.63) is 83.2 Å². The minimum absolute atomic E-state index is 0.166. The van der Waals surface area contributed by atoms with E-state index in [1.165, 1.54) is 6.07 Å². The van der Waals surface area contributed by atoms with Gasteiger partial charge in [0, 0.05) is 11.3 Å². The third kappa shape index (κ3) is 4.38. The van der Waals surface area contributed by atoms with Gasteiger partial charge in [0.25, 0.3) is 0 Å². The van der Waals surface area contributed by atoms with Crippen LogP contribution in [0.15, 0.2) is 65.6 Å². The molecule has 29 heavy (non-hydrogen) atoms. The van der Waals surface area contributed by atoms with Gasteiger partial charge in [-0.15, -0.1) is 0 Å². The molecule has 2 heterocycles. The first-order valence-electron chi connectivity index (χ1n) is 8.74. The molecule has 2 aromatic heterocycles. The summed E-state index contributed by atoms with van der Waals surface area (Å²) < 4.78 is 44.8. The lowest BCUT2D eigenvalue weighted by Crippen LogP contribution is -2.04. The smallest absolute Gasteiger partial charge is 0.416 e. The lowest BCUT2D eigenvalue weighted by Gasteiger charge is -2.09. The Hall–Kier alpha value is -2.99. The Kier molecular flexibility index (Phi) is 5.84. The number of H-pyrrole nitrogens is 1. The van der Waals surface area contributed by atoms with Gasteiger partial charge in [0.05, 0.1) is 16.3 Å². The van der Waals surface area contributed by atoms with E-state index in [9.17, 15) is 13.2 Å². The van der Waals surface area contributed by atoms with Crippen molar-refractivity contribution in [1.29, 1.82) is 0 Å². The molecule has 0 unspecified atom stereocenters. The van der Waals surface area contributed by atoms with Crippen LogP contribution >= 0.6 is 11.6 Å². The van der Waals surface area contributed by atoms with Gasteiger partial charge in [-0.3, -0.25) is 0 Å². The van der Waals surface area contributed by atoms with E-state index in [1.54, 1.807) is 18.2 Å². The monoisotopic (exact) mass is 418 g/mol. The van der Waals surface area contributed by atoms with Gasteiger partial charge >= 0.3 is 6.18 Å². The summed E-state index contributed by atoms with van der Waals surface area (Å²) in [5.74, 6) is 1.09. The summed E-state index contributed by atoms with van der Waals surface area (Å²) in [6, 6.07) is 6.33. The summed E-state index contributed by atoms with van der Waals surface area (Å²) in [7, 11) is 0. The highest BCUT2D eigenvalue weighted by Crippen LogP contribution is 2.37. The first kappa shape index (κ1) is 20.7. The maximum absolute atomic E-state index is 13.0.